The lowest BCUT2D eigenvalue weighted by Crippen LogP contribution is -2.45. The Kier molecular flexibility index (Phi) is 5.29. The Labute approximate surface area is 203 Å². The molecule has 1 saturated carbocycles. The van der Waals surface area contributed by atoms with Crippen LogP contribution < -0.4 is 5.32 Å². The third kappa shape index (κ3) is 3.67. The van der Waals surface area contributed by atoms with Gasteiger partial charge in [-0.05, 0) is 41.0 Å². The van der Waals surface area contributed by atoms with Gasteiger partial charge < -0.3 is 24.8 Å². The Morgan fingerprint density at radius 3 is 2.43 bits per heavy atom. The quantitative estimate of drug-likeness (QED) is 0.664. The molecule has 0 bridgehead atoms. The van der Waals surface area contributed by atoms with Gasteiger partial charge in [-0.1, -0.05) is 48.5 Å². The molecular weight excluding hydrogens is 448 g/mol. The number of carbonyl (C=O) groups excluding carboxylic acids is 2. The summed E-state index contributed by atoms with van der Waals surface area (Å²) in [6.07, 6.45) is 0.121. The minimum absolute atomic E-state index is 0.0135. The van der Waals surface area contributed by atoms with E-state index in [0.717, 1.165) is 11.1 Å². The Morgan fingerprint density at radius 1 is 1.09 bits per heavy atom. The molecule has 182 valence electrons. The molecule has 3 fully saturated rings. The molecular formula is C27H28N2O6. The highest BCUT2D eigenvalue weighted by atomic mass is 16.5. The Hall–Kier alpha value is -3.39. The summed E-state index contributed by atoms with van der Waals surface area (Å²) < 4.78 is 11.3. The van der Waals surface area contributed by atoms with Crippen molar-refractivity contribution in [3.8, 4) is 11.1 Å². The summed E-state index contributed by atoms with van der Waals surface area (Å²) in [6.45, 7) is 1.66. The topological polar surface area (TPSA) is 105 Å². The summed E-state index contributed by atoms with van der Waals surface area (Å²) in [6, 6.07) is 16.4. The number of carboxylic acid groups (broad SMARTS) is 1. The number of amides is 2. The minimum atomic E-state index is -0.821. The number of hydrogen-bond acceptors (Lipinski definition) is 5. The number of fused-ring (bicyclic) bond motifs is 4. The van der Waals surface area contributed by atoms with E-state index in [1.54, 1.807) is 4.90 Å². The number of alkyl carbamates (subject to hydrolysis) is 1. The smallest absolute Gasteiger partial charge is 0.407 e. The summed E-state index contributed by atoms with van der Waals surface area (Å²) in [5.41, 5.74) is 3.89. The molecule has 0 radical (unpaired) electrons. The van der Waals surface area contributed by atoms with Crippen molar-refractivity contribution >= 4 is 18.0 Å². The molecule has 4 unspecified atom stereocenters. The maximum atomic E-state index is 13.0. The number of rotatable bonds is 6. The van der Waals surface area contributed by atoms with Gasteiger partial charge in [0.2, 0.25) is 0 Å². The van der Waals surface area contributed by atoms with E-state index in [-0.39, 0.29) is 43.4 Å². The van der Waals surface area contributed by atoms with E-state index in [4.69, 9.17) is 9.47 Å². The van der Waals surface area contributed by atoms with Crippen LogP contribution in [-0.4, -0.2) is 66.9 Å². The summed E-state index contributed by atoms with van der Waals surface area (Å²) in [5.74, 6) is -1.13. The van der Waals surface area contributed by atoms with E-state index < -0.39 is 23.6 Å². The SMILES string of the molecule is O=C(NCC1CCOC1C(=O)N1CC2CC2(C(=O)O)C1)OCC1c2ccccc2-c2ccccc21. The fraction of sp³-hybridized carbons (Fsp3) is 0.444. The van der Waals surface area contributed by atoms with Crippen molar-refractivity contribution in [3.05, 3.63) is 59.7 Å². The van der Waals surface area contributed by atoms with Gasteiger partial charge in [0.15, 0.2) is 0 Å². The van der Waals surface area contributed by atoms with Gasteiger partial charge in [0.1, 0.15) is 12.7 Å². The summed E-state index contributed by atoms with van der Waals surface area (Å²) in [7, 11) is 0. The van der Waals surface area contributed by atoms with Crippen molar-refractivity contribution in [3.63, 3.8) is 0 Å². The van der Waals surface area contributed by atoms with E-state index in [1.165, 1.54) is 11.1 Å². The van der Waals surface area contributed by atoms with Gasteiger partial charge in [0, 0.05) is 38.1 Å². The Balaban J connectivity index is 1.03. The van der Waals surface area contributed by atoms with Gasteiger partial charge in [-0.2, -0.15) is 0 Å². The van der Waals surface area contributed by atoms with Crippen molar-refractivity contribution in [2.75, 3.05) is 32.8 Å². The number of nitrogens with one attached hydrogen (secondary N) is 1. The second-order valence-corrected chi connectivity index (χ2v) is 10.1. The molecule has 6 rings (SSSR count). The summed E-state index contributed by atoms with van der Waals surface area (Å²) in [5, 5.41) is 12.3. The normalized spacial score (nSPS) is 28.2. The number of carboxylic acids is 1. The number of benzene rings is 2. The summed E-state index contributed by atoms with van der Waals surface area (Å²) >= 11 is 0. The average molecular weight is 477 g/mol. The van der Waals surface area contributed by atoms with Crippen LogP contribution >= 0.6 is 0 Å². The Morgan fingerprint density at radius 2 is 1.77 bits per heavy atom. The molecule has 2 aliphatic heterocycles. The van der Waals surface area contributed by atoms with Crippen molar-refractivity contribution in [1.29, 1.82) is 0 Å². The molecule has 35 heavy (non-hydrogen) atoms. The van der Waals surface area contributed by atoms with Crippen molar-refractivity contribution in [2.24, 2.45) is 17.3 Å². The zero-order valence-corrected chi connectivity index (χ0v) is 19.3. The molecule has 2 N–H and O–H groups in total. The maximum absolute atomic E-state index is 13.0. The van der Waals surface area contributed by atoms with Crippen LogP contribution in [-0.2, 0) is 19.1 Å². The molecule has 8 heteroatoms. The molecule has 2 saturated heterocycles. The van der Waals surface area contributed by atoms with E-state index in [2.05, 4.69) is 29.6 Å². The second-order valence-electron chi connectivity index (χ2n) is 10.1. The first-order valence-electron chi connectivity index (χ1n) is 12.2. The first kappa shape index (κ1) is 22.1. The van der Waals surface area contributed by atoms with E-state index in [1.807, 2.05) is 24.3 Å². The number of nitrogens with zero attached hydrogens (tertiary/aromatic N) is 1. The van der Waals surface area contributed by atoms with E-state index >= 15 is 0 Å². The number of piperidine rings is 1. The molecule has 8 nitrogen and oxygen atoms in total. The van der Waals surface area contributed by atoms with Crippen molar-refractivity contribution < 1.29 is 29.0 Å². The Bertz CT molecular complexity index is 1150. The fourth-order valence-electron chi connectivity index (χ4n) is 6.14. The number of carbonyl (C=O) groups is 3. The van der Waals surface area contributed by atoms with Gasteiger partial charge in [-0.3, -0.25) is 9.59 Å². The first-order valence-corrected chi connectivity index (χ1v) is 12.2. The van der Waals surface area contributed by atoms with Crippen molar-refractivity contribution in [1.82, 2.24) is 10.2 Å². The maximum Gasteiger partial charge on any atom is 0.407 e. The molecule has 4 atom stereocenters. The van der Waals surface area contributed by atoms with Crippen LogP contribution in [0, 0.1) is 17.3 Å². The molecule has 0 aromatic heterocycles. The lowest BCUT2D eigenvalue weighted by Gasteiger charge is -2.26. The predicted octanol–water partition coefficient (Wildman–Crippen LogP) is 2.86. The van der Waals surface area contributed by atoms with Crippen LogP contribution in [0.2, 0.25) is 0 Å². The second kappa shape index (κ2) is 8.37. The van der Waals surface area contributed by atoms with E-state index in [0.29, 0.717) is 26.0 Å². The fourth-order valence-corrected chi connectivity index (χ4v) is 6.14. The van der Waals surface area contributed by atoms with Crippen LogP contribution in [0.1, 0.15) is 29.9 Å². The molecule has 2 aromatic rings. The van der Waals surface area contributed by atoms with Gasteiger partial charge >= 0.3 is 12.1 Å². The highest BCUT2D eigenvalue weighted by Crippen LogP contribution is 2.58. The standard InChI is InChI=1S/C27H28N2O6/c30-24(29-13-17-11-27(17,15-29)25(31)32)23-16(9-10-34-23)12-28-26(33)35-14-22-20-7-3-1-5-18(20)19-6-2-4-8-21(19)22/h1-8,16-17,22-23H,9-15H2,(H,28,33)(H,31,32). The molecule has 2 aliphatic carbocycles. The van der Waals surface area contributed by atoms with Gasteiger partial charge in [-0.15, -0.1) is 0 Å². The van der Waals surface area contributed by atoms with Gasteiger partial charge in [0.05, 0.1) is 5.41 Å². The number of hydrogen-bond donors (Lipinski definition) is 2. The van der Waals surface area contributed by atoms with E-state index in [9.17, 15) is 19.5 Å². The highest BCUT2D eigenvalue weighted by Gasteiger charge is 2.66. The largest absolute Gasteiger partial charge is 0.481 e. The lowest BCUT2D eigenvalue weighted by atomic mass is 9.98. The van der Waals surface area contributed by atoms with Crippen molar-refractivity contribution in [2.45, 2.75) is 24.9 Å². The average Bonchev–Trinajstić information content (AvgIpc) is 3.20. The molecule has 0 spiro atoms. The van der Waals surface area contributed by atoms with Crippen LogP contribution in [0.4, 0.5) is 4.79 Å². The van der Waals surface area contributed by atoms with Crippen LogP contribution in [0.3, 0.4) is 0 Å². The van der Waals surface area contributed by atoms with Gasteiger partial charge in [0.25, 0.3) is 5.91 Å². The molecule has 2 heterocycles. The zero-order valence-electron chi connectivity index (χ0n) is 19.3. The molecule has 4 aliphatic rings. The van der Waals surface area contributed by atoms with Crippen LogP contribution in [0.5, 0.6) is 0 Å². The third-order valence-electron chi connectivity index (χ3n) is 8.19. The monoisotopic (exact) mass is 476 g/mol. The highest BCUT2D eigenvalue weighted by molar-refractivity contribution is 5.86. The number of aliphatic carboxylic acids is 1. The number of likely N-dealkylation sites (tertiary alicyclic amines) is 1. The predicted molar refractivity (Wildman–Crippen MR) is 126 cm³/mol. The first-order chi connectivity index (χ1) is 17.0. The van der Waals surface area contributed by atoms with Crippen LogP contribution in [0.15, 0.2) is 48.5 Å². The third-order valence-corrected chi connectivity index (χ3v) is 8.19. The number of ether oxygens (including phenoxy) is 2. The van der Waals surface area contributed by atoms with Crippen LogP contribution in [0.25, 0.3) is 11.1 Å². The zero-order chi connectivity index (χ0) is 24.2. The molecule has 2 amide bonds. The van der Waals surface area contributed by atoms with Gasteiger partial charge in [-0.25, -0.2) is 4.79 Å². The molecule has 2 aromatic carbocycles. The minimum Gasteiger partial charge on any atom is -0.481 e. The lowest BCUT2D eigenvalue weighted by molar-refractivity contribution is -0.146. The summed E-state index contributed by atoms with van der Waals surface area (Å²) in [4.78, 5) is 38.8.